The number of hydrogen-bond donors (Lipinski definition) is 1. The molecule has 1 amide bonds. The first kappa shape index (κ1) is 23.6. The molecule has 4 nitrogen and oxygen atoms in total. The Morgan fingerprint density at radius 1 is 1.22 bits per heavy atom. The lowest BCUT2D eigenvalue weighted by Crippen LogP contribution is -2.28. The van der Waals surface area contributed by atoms with Gasteiger partial charge in [0.1, 0.15) is 10.7 Å². The van der Waals surface area contributed by atoms with Crippen molar-refractivity contribution in [3.63, 3.8) is 0 Å². The highest BCUT2D eigenvalue weighted by atomic mass is 32.2. The molecule has 150 valence electrons. The average Bonchev–Trinajstić information content (AvgIpc) is 2.82. The molecule has 0 saturated heterocycles. The molecule has 1 aromatic carbocycles. The monoisotopic (exact) mass is 424 g/mol. The lowest BCUT2D eigenvalue weighted by Gasteiger charge is -2.06. The minimum absolute atomic E-state index is 0.0656. The van der Waals surface area contributed by atoms with Crippen LogP contribution in [0.25, 0.3) is 6.08 Å². The first-order chi connectivity index (χ1) is 12.5. The number of thioether (sulfide) groups is 2. The molecule has 0 saturated carbocycles. The molecule has 0 radical (unpaired) electrons. The summed E-state index contributed by atoms with van der Waals surface area (Å²) >= 11 is 3.24. The smallest absolute Gasteiger partial charge is 0.508 e. The number of halogens is 4. The Labute approximate surface area is 164 Å². The second-order valence-corrected chi connectivity index (χ2v) is 8.20. The van der Waals surface area contributed by atoms with Gasteiger partial charge in [0.2, 0.25) is 0 Å². The van der Waals surface area contributed by atoms with Crippen LogP contribution in [0.4, 0.5) is 17.3 Å². The van der Waals surface area contributed by atoms with Crippen LogP contribution in [0.1, 0.15) is 12.5 Å². The molecule has 27 heavy (non-hydrogen) atoms. The first-order valence-electron chi connectivity index (χ1n) is 8.03. The molecule has 0 atom stereocenters. The number of rotatable bonds is 5. The van der Waals surface area contributed by atoms with Gasteiger partial charge >= 0.3 is 13.2 Å². The molecule has 0 aromatic heterocycles. The van der Waals surface area contributed by atoms with Gasteiger partial charge in [0, 0.05) is 5.75 Å². The van der Waals surface area contributed by atoms with E-state index in [-0.39, 0.29) is 11.7 Å². The molecule has 2 rings (SSSR count). The number of phenolic OH excluding ortho intramolecular Hbond substituents is 1. The molecule has 0 bridgehead atoms. The molecule has 0 fully saturated rings. The minimum atomic E-state index is -6.00. The Hall–Kier alpha value is -1.46. The molecular formula is C16H21BF4N2O2S2. The normalized spacial score (nSPS) is 16.1. The van der Waals surface area contributed by atoms with E-state index in [0.717, 1.165) is 27.1 Å². The van der Waals surface area contributed by atoms with Crippen LogP contribution >= 0.6 is 23.5 Å². The van der Waals surface area contributed by atoms with Crippen LogP contribution < -0.4 is 0 Å². The molecule has 1 aliphatic heterocycles. The largest absolute Gasteiger partial charge is 0.673 e. The maximum atomic E-state index is 12.6. The zero-order valence-electron chi connectivity index (χ0n) is 15.2. The minimum Gasteiger partial charge on any atom is -0.508 e. The zero-order chi connectivity index (χ0) is 20.6. The Balaban J connectivity index is 0.000000646. The van der Waals surface area contributed by atoms with Gasteiger partial charge in [-0.05, 0) is 61.4 Å². The molecule has 0 unspecified atom stereocenters. The Kier molecular flexibility index (Phi) is 9.41. The zero-order valence-corrected chi connectivity index (χ0v) is 16.8. The second-order valence-electron chi connectivity index (χ2n) is 5.66. The Bertz CT molecular complexity index is 701. The predicted molar refractivity (Wildman–Crippen MR) is 106 cm³/mol. The number of carbonyl (C=O) groups is 1. The third-order valence-electron chi connectivity index (χ3n) is 3.10. The van der Waals surface area contributed by atoms with Gasteiger partial charge in [-0.3, -0.25) is 0 Å². The summed E-state index contributed by atoms with van der Waals surface area (Å²) < 4.78 is 41.9. The molecule has 0 aliphatic carbocycles. The summed E-state index contributed by atoms with van der Waals surface area (Å²) in [5.41, 5.74) is 0.920. The Morgan fingerprint density at radius 2 is 1.78 bits per heavy atom. The van der Waals surface area contributed by atoms with E-state index < -0.39 is 7.25 Å². The maximum absolute atomic E-state index is 12.6. The van der Waals surface area contributed by atoms with Crippen molar-refractivity contribution in [2.75, 3.05) is 32.9 Å². The molecule has 1 N–H and O–H groups in total. The van der Waals surface area contributed by atoms with Gasteiger partial charge in [0.05, 0.1) is 6.54 Å². The van der Waals surface area contributed by atoms with Crippen LogP contribution in [0.3, 0.4) is 0 Å². The lowest BCUT2D eigenvalue weighted by molar-refractivity contribution is -0.437. The lowest BCUT2D eigenvalue weighted by atomic mass is 10.2. The van der Waals surface area contributed by atoms with Gasteiger partial charge in [-0.1, -0.05) is 19.1 Å². The van der Waals surface area contributed by atoms with Crippen molar-refractivity contribution in [1.29, 1.82) is 0 Å². The van der Waals surface area contributed by atoms with Gasteiger partial charge in [-0.2, -0.15) is 0 Å². The number of benzene rings is 1. The van der Waals surface area contributed by atoms with Crippen LogP contribution in [0.2, 0.25) is 0 Å². The van der Waals surface area contributed by atoms with Crippen LogP contribution in [-0.2, 0) is 4.79 Å². The number of amides is 1. The molecular weight excluding hydrogens is 403 g/mol. The third kappa shape index (κ3) is 9.34. The van der Waals surface area contributed by atoms with Gasteiger partial charge < -0.3 is 27.3 Å². The number of carbonyl (C=O) groups excluding carboxylic acids is 1. The fourth-order valence-electron chi connectivity index (χ4n) is 1.95. The summed E-state index contributed by atoms with van der Waals surface area (Å²) in [5, 5.41) is 9.33. The van der Waals surface area contributed by atoms with E-state index in [9.17, 15) is 27.2 Å². The molecule has 11 heteroatoms. The van der Waals surface area contributed by atoms with Crippen molar-refractivity contribution in [2.45, 2.75) is 6.92 Å². The van der Waals surface area contributed by atoms with Gasteiger partial charge in [0.25, 0.3) is 4.38 Å². The predicted octanol–water partition coefficient (Wildman–Crippen LogP) is 3.99. The summed E-state index contributed by atoms with van der Waals surface area (Å²) in [6.07, 6.45) is 1.89. The fourth-order valence-corrected chi connectivity index (χ4v) is 4.25. The SMILES string of the molecule is CCSC1=[N+](CCN(C)C)C(=O)/C(=C/c2ccc(O)cc2)S1.F[B-](F)(F)F. The second kappa shape index (κ2) is 10.8. The molecule has 1 aliphatic rings. The summed E-state index contributed by atoms with van der Waals surface area (Å²) in [5.74, 6) is 1.24. The van der Waals surface area contributed by atoms with Gasteiger partial charge in [0.15, 0.2) is 6.54 Å². The molecule has 1 aromatic rings. The van der Waals surface area contributed by atoms with Crippen molar-refractivity contribution in [1.82, 2.24) is 4.90 Å². The van der Waals surface area contributed by atoms with E-state index in [1.165, 1.54) is 11.8 Å². The van der Waals surface area contributed by atoms with Gasteiger partial charge in [-0.25, -0.2) is 4.79 Å². The highest BCUT2D eigenvalue weighted by Crippen LogP contribution is 2.33. The average molecular weight is 424 g/mol. The quantitative estimate of drug-likeness (QED) is 0.335. The first-order valence-corrected chi connectivity index (χ1v) is 9.83. The van der Waals surface area contributed by atoms with Gasteiger partial charge in [-0.15, -0.1) is 4.58 Å². The molecule has 0 spiro atoms. The highest BCUT2D eigenvalue weighted by molar-refractivity contribution is 8.40. The molecule has 1 heterocycles. The van der Waals surface area contributed by atoms with E-state index in [2.05, 4.69) is 11.8 Å². The summed E-state index contributed by atoms with van der Waals surface area (Å²) in [7, 11) is -1.99. The number of nitrogens with zero attached hydrogens (tertiary/aromatic N) is 2. The number of phenols is 1. The number of likely N-dealkylation sites (N-methyl/N-ethyl adjacent to an activating group) is 1. The summed E-state index contributed by atoms with van der Waals surface area (Å²) in [6, 6.07) is 6.88. The van der Waals surface area contributed by atoms with Crippen molar-refractivity contribution < 1.29 is 31.7 Å². The van der Waals surface area contributed by atoms with E-state index in [1.807, 2.05) is 36.9 Å². The van der Waals surface area contributed by atoms with E-state index in [0.29, 0.717) is 6.54 Å². The van der Waals surface area contributed by atoms with E-state index in [1.54, 1.807) is 23.9 Å². The van der Waals surface area contributed by atoms with Crippen LogP contribution in [0, 0.1) is 0 Å². The maximum Gasteiger partial charge on any atom is 0.673 e. The topological polar surface area (TPSA) is 43.5 Å². The number of aromatic hydroxyl groups is 1. The van der Waals surface area contributed by atoms with Crippen LogP contribution in [0.15, 0.2) is 29.2 Å². The number of hydrogen-bond acceptors (Lipinski definition) is 5. The van der Waals surface area contributed by atoms with E-state index in [4.69, 9.17) is 0 Å². The van der Waals surface area contributed by atoms with Crippen molar-refractivity contribution in [3.05, 3.63) is 34.7 Å². The van der Waals surface area contributed by atoms with Crippen molar-refractivity contribution in [2.24, 2.45) is 0 Å². The summed E-state index contributed by atoms with van der Waals surface area (Å²) in [4.78, 5) is 15.4. The fraction of sp³-hybridized carbons (Fsp3) is 0.375. The summed E-state index contributed by atoms with van der Waals surface area (Å²) in [6.45, 7) is 3.63. The standard InChI is InChI=1S/C16H20N2O2S2.BF4/c1-4-21-16-18(10-9-17(2)3)15(20)14(22-16)11-12-5-7-13(19)8-6-12;2-1(3,4)5/h5-8,11H,4,9-10H2,1-3H3;/q;-1/p+1. The van der Waals surface area contributed by atoms with E-state index >= 15 is 0 Å². The van der Waals surface area contributed by atoms with Crippen LogP contribution in [0.5, 0.6) is 5.75 Å². The van der Waals surface area contributed by atoms with Crippen molar-refractivity contribution >= 4 is 47.1 Å². The highest BCUT2D eigenvalue weighted by Gasteiger charge is 2.37. The van der Waals surface area contributed by atoms with Crippen molar-refractivity contribution in [3.8, 4) is 5.75 Å². The third-order valence-corrected chi connectivity index (χ3v) is 5.37. The Morgan fingerprint density at radius 3 is 2.26 bits per heavy atom. The van der Waals surface area contributed by atoms with Crippen LogP contribution in [-0.4, -0.2) is 65.1 Å².